The second-order valence-corrected chi connectivity index (χ2v) is 9.52. The molecule has 1 N–H and O–H groups in total. The van der Waals surface area contributed by atoms with Gasteiger partial charge >= 0.3 is 0 Å². The molecule has 2 aromatic carbocycles. The van der Waals surface area contributed by atoms with E-state index in [1.807, 2.05) is 55.5 Å². The lowest BCUT2D eigenvalue weighted by atomic mass is 9.92. The van der Waals surface area contributed by atoms with Crippen LogP contribution in [0.1, 0.15) is 60.7 Å². The van der Waals surface area contributed by atoms with E-state index in [1.54, 1.807) is 18.3 Å². The van der Waals surface area contributed by atoms with Crippen molar-refractivity contribution in [2.24, 2.45) is 0 Å². The van der Waals surface area contributed by atoms with Crippen LogP contribution in [0.5, 0.6) is 5.75 Å². The molecule has 6 heteroatoms. The summed E-state index contributed by atoms with van der Waals surface area (Å²) in [4.78, 5) is 32.4. The molecule has 1 saturated heterocycles. The summed E-state index contributed by atoms with van der Waals surface area (Å²) in [5.74, 6) is -0.382. The third kappa shape index (κ3) is 4.20. The van der Waals surface area contributed by atoms with E-state index in [0.29, 0.717) is 17.2 Å². The van der Waals surface area contributed by atoms with Crippen molar-refractivity contribution in [3.05, 3.63) is 100 Å². The summed E-state index contributed by atoms with van der Waals surface area (Å²) in [6.07, 6.45) is 2.45. The van der Waals surface area contributed by atoms with Crippen LogP contribution in [0.3, 0.4) is 0 Å². The van der Waals surface area contributed by atoms with Gasteiger partial charge in [-0.25, -0.2) is 0 Å². The Morgan fingerprint density at radius 1 is 1.11 bits per heavy atom. The number of ketones is 1. The predicted octanol–water partition coefficient (Wildman–Crippen LogP) is 5.15. The number of Topliss-reactive ketones (excluding diaryl/α,β-unsaturated/α-hetero) is 1. The molecule has 2 atom stereocenters. The molecule has 2 aliphatic rings. The molecule has 178 valence electrons. The molecule has 1 aromatic heterocycles. The second kappa shape index (κ2) is 9.02. The highest BCUT2D eigenvalue weighted by atomic mass is 16.5. The lowest BCUT2D eigenvalue weighted by Gasteiger charge is -2.25. The second-order valence-electron chi connectivity index (χ2n) is 9.52. The van der Waals surface area contributed by atoms with Gasteiger partial charge in [0.2, 0.25) is 0 Å². The zero-order valence-electron chi connectivity index (χ0n) is 20.1. The molecular weight excluding hydrogens is 440 g/mol. The first kappa shape index (κ1) is 22.8. The number of carbonyl (C=O) groups excluding carboxylic acids is 2. The highest BCUT2D eigenvalue weighted by molar-refractivity contribution is 6.46. The molecule has 0 saturated carbocycles. The third-order valence-electron chi connectivity index (χ3n) is 6.69. The van der Waals surface area contributed by atoms with E-state index < -0.39 is 17.7 Å². The molecule has 2 unspecified atom stereocenters. The van der Waals surface area contributed by atoms with E-state index in [2.05, 4.69) is 18.8 Å². The standard InChI is InChI=1S/C29H28N2O4/c1-17(2)19-7-9-20(10-8-19)26-25(27(32)21-11-12-24-22(15-21)14-18(3)35-24)28(33)29(34)31(26)16-23-6-4-5-13-30-23/h4-13,15,17-18,26,32H,14,16H2,1-3H3/b27-25-. The maximum atomic E-state index is 13.3. The van der Waals surface area contributed by atoms with Crippen LogP contribution < -0.4 is 4.74 Å². The molecule has 0 radical (unpaired) electrons. The van der Waals surface area contributed by atoms with Gasteiger partial charge in [0.15, 0.2) is 0 Å². The van der Waals surface area contributed by atoms with Crippen molar-refractivity contribution in [3.63, 3.8) is 0 Å². The molecule has 0 bridgehead atoms. The van der Waals surface area contributed by atoms with Crippen molar-refractivity contribution < 1.29 is 19.4 Å². The highest BCUT2D eigenvalue weighted by Crippen LogP contribution is 2.41. The highest BCUT2D eigenvalue weighted by Gasteiger charge is 2.46. The van der Waals surface area contributed by atoms with Gasteiger partial charge in [-0.05, 0) is 59.9 Å². The van der Waals surface area contributed by atoms with Gasteiger partial charge < -0.3 is 14.7 Å². The minimum atomic E-state index is -0.721. The number of hydrogen-bond acceptors (Lipinski definition) is 5. The first-order chi connectivity index (χ1) is 16.8. The van der Waals surface area contributed by atoms with Crippen molar-refractivity contribution in [2.45, 2.75) is 51.8 Å². The van der Waals surface area contributed by atoms with Crippen molar-refractivity contribution in [2.75, 3.05) is 0 Å². The predicted molar refractivity (Wildman–Crippen MR) is 133 cm³/mol. The van der Waals surface area contributed by atoms with Crippen LogP contribution in [-0.4, -0.2) is 32.8 Å². The zero-order chi connectivity index (χ0) is 24.7. The van der Waals surface area contributed by atoms with Crippen molar-refractivity contribution in [1.29, 1.82) is 0 Å². The van der Waals surface area contributed by atoms with Crippen molar-refractivity contribution >= 4 is 17.4 Å². The molecule has 3 heterocycles. The lowest BCUT2D eigenvalue weighted by Crippen LogP contribution is -2.29. The molecule has 0 spiro atoms. The molecule has 5 rings (SSSR count). The Morgan fingerprint density at radius 2 is 1.89 bits per heavy atom. The quantitative estimate of drug-likeness (QED) is 0.318. The maximum Gasteiger partial charge on any atom is 0.296 e. The summed E-state index contributed by atoms with van der Waals surface area (Å²) >= 11 is 0. The van der Waals surface area contributed by atoms with Gasteiger partial charge in [0.25, 0.3) is 11.7 Å². The smallest absolute Gasteiger partial charge is 0.296 e. The number of likely N-dealkylation sites (tertiary alicyclic amines) is 1. The largest absolute Gasteiger partial charge is 0.507 e. The normalized spacial score (nSPS) is 20.9. The average Bonchev–Trinajstić information content (AvgIpc) is 3.35. The van der Waals surface area contributed by atoms with E-state index in [1.165, 1.54) is 4.90 Å². The number of aromatic nitrogens is 1. The third-order valence-corrected chi connectivity index (χ3v) is 6.69. The number of benzene rings is 2. The molecule has 35 heavy (non-hydrogen) atoms. The van der Waals surface area contributed by atoms with Crippen LogP contribution in [0.2, 0.25) is 0 Å². The Kier molecular flexibility index (Phi) is 5.89. The Hall–Kier alpha value is -3.93. The van der Waals surface area contributed by atoms with Crippen molar-refractivity contribution in [1.82, 2.24) is 9.88 Å². The summed E-state index contributed by atoms with van der Waals surface area (Å²) in [5, 5.41) is 11.4. The summed E-state index contributed by atoms with van der Waals surface area (Å²) in [6, 6.07) is 18.0. The first-order valence-electron chi connectivity index (χ1n) is 11.9. The Balaban J connectivity index is 1.62. The van der Waals surface area contributed by atoms with Gasteiger partial charge in [0.05, 0.1) is 23.9 Å². The van der Waals surface area contributed by atoms with Gasteiger partial charge in [-0.3, -0.25) is 14.6 Å². The number of rotatable bonds is 5. The van der Waals surface area contributed by atoms with Gasteiger partial charge in [-0.2, -0.15) is 0 Å². The Bertz CT molecular complexity index is 1310. The summed E-state index contributed by atoms with van der Waals surface area (Å²) in [6.45, 7) is 6.37. The van der Waals surface area contributed by atoms with Gasteiger partial charge in [-0.15, -0.1) is 0 Å². The van der Waals surface area contributed by atoms with Gasteiger partial charge in [0.1, 0.15) is 17.6 Å². The number of carbonyl (C=O) groups is 2. The number of pyridine rings is 1. The lowest BCUT2D eigenvalue weighted by molar-refractivity contribution is -0.140. The van der Waals surface area contributed by atoms with Crippen LogP contribution >= 0.6 is 0 Å². The van der Waals surface area contributed by atoms with E-state index >= 15 is 0 Å². The summed E-state index contributed by atoms with van der Waals surface area (Å²) in [7, 11) is 0. The zero-order valence-corrected chi connectivity index (χ0v) is 20.1. The Labute approximate surface area is 204 Å². The van der Waals surface area contributed by atoms with Crippen LogP contribution in [0.4, 0.5) is 0 Å². The molecule has 2 aliphatic heterocycles. The molecular formula is C29H28N2O4. The molecule has 0 aliphatic carbocycles. The SMILES string of the molecule is CC1Cc2cc(/C(O)=C3/C(=O)C(=O)N(Cc4ccccn4)C3c3ccc(C(C)C)cc3)ccc2O1. The number of hydrogen-bond donors (Lipinski definition) is 1. The average molecular weight is 469 g/mol. The minimum absolute atomic E-state index is 0.0609. The summed E-state index contributed by atoms with van der Waals surface area (Å²) in [5.41, 5.74) is 4.16. The number of aliphatic hydroxyl groups excluding tert-OH is 1. The number of fused-ring (bicyclic) bond motifs is 1. The minimum Gasteiger partial charge on any atom is -0.507 e. The van der Waals surface area contributed by atoms with Crippen LogP contribution in [0.25, 0.3) is 5.76 Å². The van der Waals surface area contributed by atoms with Crippen molar-refractivity contribution in [3.8, 4) is 5.75 Å². The van der Waals surface area contributed by atoms with E-state index in [0.717, 1.165) is 28.9 Å². The monoisotopic (exact) mass is 468 g/mol. The maximum absolute atomic E-state index is 13.3. The molecule has 3 aromatic rings. The van der Waals surface area contributed by atoms with E-state index in [4.69, 9.17) is 4.74 Å². The number of ether oxygens (including phenoxy) is 1. The van der Waals surface area contributed by atoms with Gasteiger partial charge in [-0.1, -0.05) is 44.2 Å². The summed E-state index contributed by atoms with van der Waals surface area (Å²) < 4.78 is 5.78. The molecule has 1 fully saturated rings. The Morgan fingerprint density at radius 3 is 2.57 bits per heavy atom. The molecule has 6 nitrogen and oxygen atoms in total. The fourth-order valence-corrected chi connectivity index (χ4v) is 4.84. The topological polar surface area (TPSA) is 79.7 Å². The fraction of sp³-hybridized carbons (Fsp3) is 0.276. The van der Waals surface area contributed by atoms with Crippen LogP contribution in [-0.2, 0) is 22.6 Å². The number of amides is 1. The van der Waals surface area contributed by atoms with E-state index in [9.17, 15) is 14.7 Å². The van der Waals surface area contributed by atoms with Crippen LogP contribution in [0.15, 0.2) is 72.4 Å². The van der Waals surface area contributed by atoms with Gasteiger partial charge in [0, 0.05) is 18.2 Å². The number of aliphatic hydroxyl groups is 1. The van der Waals surface area contributed by atoms with Crippen LogP contribution in [0, 0.1) is 0 Å². The first-order valence-corrected chi connectivity index (χ1v) is 11.9. The molecule has 1 amide bonds. The number of nitrogens with zero attached hydrogens (tertiary/aromatic N) is 2. The fourth-order valence-electron chi connectivity index (χ4n) is 4.84. The van der Waals surface area contributed by atoms with E-state index in [-0.39, 0.29) is 24.0 Å².